The average molecular weight is 331 g/mol. The van der Waals surface area contributed by atoms with Crippen molar-refractivity contribution < 1.29 is 12.3 Å². The van der Waals surface area contributed by atoms with Gasteiger partial charge in [0.25, 0.3) is 0 Å². The van der Waals surface area contributed by atoms with Crippen molar-refractivity contribution in [1.82, 2.24) is 4.90 Å². The maximum absolute atomic E-state index is 9.62. The monoisotopic (exact) mass is 330 g/mol. The largest absolute Gasteiger partial charge is 0.353 e. The molecule has 3 atom stereocenters. The molecule has 2 aliphatic rings. The van der Waals surface area contributed by atoms with Crippen LogP contribution in [-0.2, 0) is 6.50 Å². The first-order valence-electron chi connectivity index (χ1n) is 12.4. The lowest BCUT2D eigenvalue weighted by atomic mass is 9.60. The maximum Gasteiger partial charge on any atom is 0.0874 e. The third kappa shape index (κ3) is 2.49. The molecule has 1 saturated heterocycles. The molecule has 0 N–H and O–H groups in total. The highest BCUT2D eigenvalue weighted by Crippen LogP contribution is 2.58. The van der Waals surface area contributed by atoms with Crippen LogP contribution in [0.15, 0.2) is 60.5 Å². The lowest BCUT2D eigenvalue weighted by molar-refractivity contribution is 0.0460. The third-order valence-electron chi connectivity index (χ3n) is 4.50. The minimum absolute atomic E-state index is 0.105. The van der Waals surface area contributed by atoms with Crippen LogP contribution in [0.3, 0.4) is 0 Å². The first-order valence-corrected chi connectivity index (χ1v) is 8.24. The number of thiocarbonyl (C=S) groups is 1. The van der Waals surface area contributed by atoms with Crippen molar-refractivity contribution in [3.8, 4) is 0 Å². The second-order valence-corrected chi connectivity index (χ2v) is 6.27. The molecular weight excluding hydrogens is 298 g/mol. The van der Waals surface area contributed by atoms with E-state index in [1.54, 1.807) is 30.3 Å². The number of rotatable bonds is 3. The van der Waals surface area contributed by atoms with Crippen molar-refractivity contribution in [2.45, 2.75) is 44.6 Å². The molecule has 1 aliphatic carbocycles. The minimum Gasteiger partial charge on any atom is -0.353 e. The molecule has 118 valence electrons. The van der Waals surface area contributed by atoms with E-state index in [1.165, 1.54) is 0 Å². The Morgan fingerprint density at radius 3 is 2.74 bits per heavy atom. The summed E-state index contributed by atoms with van der Waals surface area (Å²) >= 11 is 5.68. The summed E-state index contributed by atoms with van der Waals surface area (Å²) < 4.78 is 77.4. The van der Waals surface area contributed by atoms with Crippen LogP contribution in [0.25, 0.3) is 0 Å². The normalized spacial score (nSPS) is 39.7. The molecule has 0 radical (unpaired) electrons. The first-order chi connectivity index (χ1) is 14.9. The van der Waals surface area contributed by atoms with Crippen LogP contribution in [0.2, 0.25) is 0 Å². The Morgan fingerprint density at radius 2 is 2.00 bits per heavy atom. The van der Waals surface area contributed by atoms with E-state index in [4.69, 9.17) is 23.2 Å². The van der Waals surface area contributed by atoms with Crippen molar-refractivity contribution in [2.24, 2.45) is 5.41 Å². The van der Waals surface area contributed by atoms with E-state index in [1.807, 2.05) is 0 Å². The van der Waals surface area contributed by atoms with Gasteiger partial charge in [0, 0.05) is 13.3 Å². The van der Waals surface area contributed by atoms with Crippen LogP contribution in [0, 0.1) is 5.41 Å². The van der Waals surface area contributed by atoms with Crippen LogP contribution in [0.1, 0.15) is 61.6 Å². The van der Waals surface area contributed by atoms with Gasteiger partial charge >= 0.3 is 0 Å². The molecule has 1 saturated carbocycles. The Labute approximate surface area is 157 Å². The molecule has 23 heavy (non-hydrogen) atoms. The minimum atomic E-state index is -2.29. The number of likely N-dealkylation sites (tertiary alicyclic amines) is 1. The van der Waals surface area contributed by atoms with Gasteiger partial charge in [0.15, 0.2) is 0 Å². The fourth-order valence-electron chi connectivity index (χ4n) is 3.41. The van der Waals surface area contributed by atoms with Crippen molar-refractivity contribution >= 4 is 17.2 Å². The lowest BCUT2D eigenvalue weighted by Gasteiger charge is -2.61. The summed E-state index contributed by atoms with van der Waals surface area (Å²) in [6, 6.07) is 3.20. The lowest BCUT2D eigenvalue weighted by Crippen LogP contribution is -2.62. The summed E-state index contributed by atoms with van der Waals surface area (Å²) in [6.07, 6.45) is 1.36. The van der Waals surface area contributed by atoms with Crippen LogP contribution in [0.5, 0.6) is 0 Å². The van der Waals surface area contributed by atoms with Crippen molar-refractivity contribution in [2.75, 3.05) is 0 Å². The van der Waals surface area contributed by atoms with E-state index in [-0.39, 0.29) is 16.1 Å². The summed E-state index contributed by atoms with van der Waals surface area (Å²) in [5.74, 6) is 0. The second-order valence-electron chi connectivity index (χ2n) is 5.89. The molecular formula is C21H23NS. The smallest absolute Gasteiger partial charge is 0.0874 e. The molecule has 2 fully saturated rings. The summed E-state index contributed by atoms with van der Waals surface area (Å²) in [5, 5.41) is 0. The topological polar surface area (TPSA) is 3.24 Å². The van der Waals surface area contributed by atoms with Gasteiger partial charge in [-0.25, -0.2) is 0 Å². The molecule has 2 aromatic rings. The number of benzene rings is 2. The van der Waals surface area contributed by atoms with Crippen LogP contribution in [-0.4, -0.2) is 9.89 Å². The molecule has 0 amide bonds. The van der Waals surface area contributed by atoms with E-state index in [0.717, 1.165) is 11.3 Å². The van der Waals surface area contributed by atoms with Crippen LogP contribution < -0.4 is 0 Å². The molecule has 1 heterocycles. The molecule has 1 nitrogen and oxygen atoms in total. The zero-order valence-electron chi connectivity index (χ0n) is 21.6. The van der Waals surface area contributed by atoms with Gasteiger partial charge in [0.05, 0.1) is 22.0 Å². The molecule has 2 heteroatoms. The van der Waals surface area contributed by atoms with Gasteiger partial charge in [-0.05, 0) is 23.9 Å². The van der Waals surface area contributed by atoms with E-state index < -0.39 is 54.5 Å². The summed E-state index contributed by atoms with van der Waals surface area (Å²) in [5.41, 5.74) is -1.41. The molecule has 1 spiro atoms. The van der Waals surface area contributed by atoms with Crippen molar-refractivity contribution in [1.29, 1.82) is 0 Å². The summed E-state index contributed by atoms with van der Waals surface area (Å²) in [7, 11) is 0. The molecule has 1 aliphatic heterocycles. The van der Waals surface area contributed by atoms with Gasteiger partial charge in [-0.2, -0.15) is 0 Å². The van der Waals surface area contributed by atoms with Gasteiger partial charge in [-0.3, -0.25) is 0 Å². The van der Waals surface area contributed by atoms with E-state index in [0.29, 0.717) is 19.3 Å². The van der Waals surface area contributed by atoms with E-state index in [9.17, 15) is 1.37 Å². The van der Waals surface area contributed by atoms with Crippen LogP contribution >= 0.6 is 12.2 Å². The Morgan fingerprint density at radius 1 is 1.22 bits per heavy atom. The van der Waals surface area contributed by atoms with E-state index in [2.05, 4.69) is 0 Å². The average Bonchev–Trinajstić information content (AvgIpc) is 2.77. The highest BCUT2D eigenvalue weighted by molar-refractivity contribution is 7.80. The molecule has 4 rings (SSSR count). The molecule has 2 aromatic carbocycles. The Hall–Kier alpha value is -1.67. The first kappa shape index (κ1) is 7.94. The predicted molar refractivity (Wildman–Crippen MR) is 99.3 cm³/mol. The molecule has 0 aromatic heterocycles. The molecule has 0 bridgehead atoms. The highest BCUT2D eigenvalue weighted by Gasteiger charge is 2.57. The molecule has 3 unspecified atom stereocenters. The van der Waals surface area contributed by atoms with E-state index >= 15 is 0 Å². The standard InChI is InChI=1S/C21H23NS/c23-20-21(14-8-3-9-15-21)19(18-12-6-2-7-13-18)22(20)16-17-10-4-1-5-11-17/h1-2,4-7,10-13,19H,3,8-9,14-16H2/i2D,6D,7D,12D,13D,14D,16D2,19D. The third-order valence-corrected chi connectivity index (χ3v) is 5.05. The second kappa shape index (κ2) is 6.09. The van der Waals surface area contributed by atoms with Gasteiger partial charge in [0.2, 0.25) is 0 Å². The fraction of sp³-hybridized carbons (Fsp3) is 0.381. The van der Waals surface area contributed by atoms with Gasteiger partial charge in [-0.1, -0.05) is 92.0 Å². The van der Waals surface area contributed by atoms with Gasteiger partial charge in [0.1, 0.15) is 0 Å². The number of hydrogen-bond acceptors (Lipinski definition) is 1. The SMILES string of the molecule is [2H]c1c([2H])c([2H])c(C2([2H])N(C([2H])([2H])c3ccccc3)C(=S)C23CCCCC3[2H])c([2H])c1[2H]. The van der Waals surface area contributed by atoms with Gasteiger partial charge in [-0.15, -0.1) is 0 Å². The predicted octanol–water partition coefficient (Wildman–Crippen LogP) is 5.52. The zero-order chi connectivity index (χ0) is 23.6. The zero-order valence-corrected chi connectivity index (χ0v) is 13.5. The Balaban J connectivity index is 2.04. The highest BCUT2D eigenvalue weighted by atomic mass is 32.1. The maximum atomic E-state index is 9.62. The number of nitrogens with zero attached hydrogens (tertiary/aromatic N) is 1. The van der Waals surface area contributed by atoms with Gasteiger partial charge < -0.3 is 4.90 Å². The summed E-state index contributed by atoms with van der Waals surface area (Å²) in [6.45, 7) is -2.29. The number of hydrogen-bond donors (Lipinski definition) is 0. The Kier molecular flexibility index (Phi) is 2.10. The van der Waals surface area contributed by atoms with Crippen molar-refractivity contribution in [3.05, 3.63) is 71.7 Å². The Bertz CT molecular complexity index is 1060. The fourth-order valence-corrected chi connectivity index (χ4v) is 3.83. The van der Waals surface area contributed by atoms with Crippen LogP contribution in [0.4, 0.5) is 0 Å². The quantitative estimate of drug-likeness (QED) is 0.682. The van der Waals surface area contributed by atoms with Crippen molar-refractivity contribution in [3.63, 3.8) is 0 Å². The summed E-state index contributed by atoms with van der Waals surface area (Å²) in [4.78, 5) is 1.15.